The third-order valence-corrected chi connectivity index (χ3v) is 3.63. The minimum absolute atomic E-state index is 0.0236. The van der Waals surface area contributed by atoms with E-state index in [1.807, 2.05) is 17.8 Å². The normalized spacial score (nSPS) is 13.4. The van der Waals surface area contributed by atoms with Crippen LogP contribution in [0.5, 0.6) is 0 Å². The van der Waals surface area contributed by atoms with E-state index in [0.717, 1.165) is 12.2 Å². The summed E-state index contributed by atoms with van der Waals surface area (Å²) in [5.41, 5.74) is 5.64. The van der Waals surface area contributed by atoms with Crippen LogP contribution in [0, 0.1) is 0 Å². The zero-order valence-corrected chi connectivity index (χ0v) is 12.7. The number of aromatic nitrogens is 2. The van der Waals surface area contributed by atoms with Gasteiger partial charge < -0.3 is 4.57 Å². The van der Waals surface area contributed by atoms with E-state index in [9.17, 15) is 0 Å². The Morgan fingerprint density at radius 1 is 1.25 bits per heavy atom. The number of benzene rings is 1. The highest BCUT2D eigenvalue weighted by atomic mass is 15.3. The molecule has 2 aromatic rings. The van der Waals surface area contributed by atoms with E-state index in [2.05, 4.69) is 55.4 Å². The average molecular weight is 272 g/mol. The van der Waals surface area contributed by atoms with Crippen molar-refractivity contribution in [2.45, 2.75) is 38.6 Å². The van der Waals surface area contributed by atoms with Gasteiger partial charge in [-0.05, 0) is 23.0 Å². The van der Waals surface area contributed by atoms with E-state index in [0.29, 0.717) is 0 Å². The van der Waals surface area contributed by atoms with Crippen molar-refractivity contribution >= 4 is 0 Å². The monoisotopic (exact) mass is 272 g/mol. The van der Waals surface area contributed by atoms with Crippen LogP contribution < -0.4 is 11.3 Å². The van der Waals surface area contributed by atoms with Gasteiger partial charge in [0.1, 0.15) is 5.82 Å². The van der Waals surface area contributed by atoms with Crippen LogP contribution in [0.4, 0.5) is 0 Å². The molecule has 0 aliphatic carbocycles. The van der Waals surface area contributed by atoms with Crippen LogP contribution in [0.15, 0.2) is 36.7 Å². The van der Waals surface area contributed by atoms with Gasteiger partial charge in [-0.1, -0.05) is 45.0 Å². The summed E-state index contributed by atoms with van der Waals surface area (Å²) >= 11 is 0. The average Bonchev–Trinajstić information content (AvgIpc) is 2.82. The highest BCUT2D eigenvalue weighted by Gasteiger charge is 2.16. The fourth-order valence-corrected chi connectivity index (χ4v) is 2.31. The summed E-state index contributed by atoms with van der Waals surface area (Å²) in [5.74, 6) is 6.63. The zero-order chi connectivity index (χ0) is 14.8. The molecule has 0 aliphatic heterocycles. The second-order valence-electron chi connectivity index (χ2n) is 6.27. The molecule has 0 amide bonds. The smallest absolute Gasteiger partial charge is 0.127 e. The fraction of sp³-hybridized carbons (Fsp3) is 0.438. The number of rotatable bonds is 4. The van der Waals surface area contributed by atoms with Crippen molar-refractivity contribution in [3.63, 3.8) is 0 Å². The van der Waals surface area contributed by atoms with Crippen molar-refractivity contribution in [2.75, 3.05) is 0 Å². The van der Waals surface area contributed by atoms with Crippen LogP contribution >= 0.6 is 0 Å². The van der Waals surface area contributed by atoms with Crippen LogP contribution in [0.2, 0.25) is 0 Å². The first-order valence-electron chi connectivity index (χ1n) is 6.94. The Morgan fingerprint density at radius 2 is 1.90 bits per heavy atom. The SMILES string of the molecule is Cn1ccnc1C(Cc1ccc(C(C)(C)C)cc1)NN. The van der Waals surface area contributed by atoms with Crippen LogP contribution in [0.25, 0.3) is 0 Å². The number of nitrogens with zero attached hydrogens (tertiary/aromatic N) is 2. The van der Waals surface area contributed by atoms with E-state index in [-0.39, 0.29) is 11.5 Å². The summed E-state index contributed by atoms with van der Waals surface area (Å²) in [6, 6.07) is 8.76. The molecule has 0 saturated carbocycles. The fourth-order valence-electron chi connectivity index (χ4n) is 2.31. The zero-order valence-electron chi connectivity index (χ0n) is 12.7. The molecule has 3 N–H and O–H groups in total. The Balaban J connectivity index is 2.15. The van der Waals surface area contributed by atoms with Crippen LogP contribution in [-0.2, 0) is 18.9 Å². The summed E-state index contributed by atoms with van der Waals surface area (Å²) in [6.07, 6.45) is 4.55. The van der Waals surface area contributed by atoms with Crippen molar-refractivity contribution in [1.29, 1.82) is 0 Å². The molecule has 0 bridgehead atoms. The summed E-state index contributed by atoms with van der Waals surface area (Å²) in [4.78, 5) is 4.36. The Bertz CT molecular complexity index is 549. The van der Waals surface area contributed by atoms with E-state index < -0.39 is 0 Å². The lowest BCUT2D eigenvalue weighted by atomic mass is 9.86. The minimum Gasteiger partial charge on any atom is -0.337 e. The molecule has 0 radical (unpaired) electrons. The third kappa shape index (κ3) is 3.26. The van der Waals surface area contributed by atoms with E-state index >= 15 is 0 Å². The maximum absolute atomic E-state index is 5.68. The van der Waals surface area contributed by atoms with Gasteiger partial charge in [-0.15, -0.1) is 0 Å². The Kier molecular flexibility index (Phi) is 4.26. The van der Waals surface area contributed by atoms with Crippen LogP contribution in [-0.4, -0.2) is 9.55 Å². The van der Waals surface area contributed by atoms with Gasteiger partial charge in [0.2, 0.25) is 0 Å². The molecule has 0 fully saturated rings. The number of aryl methyl sites for hydroxylation is 1. The van der Waals surface area contributed by atoms with Gasteiger partial charge >= 0.3 is 0 Å². The van der Waals surface area contributed by atoms with Gasteiger partial charge in [0, 0.05) is 19.4 Å². The number of hydrogen-bond acceptors (Lipinski definition) is 3. The third-order valence-electron chi connectivity index (χ3n) is 3.63. The molecule has 1 unspecified atom stereocenters. The topological polar surface area (TPSA) is 55.9 Å². The molecular formula is C16H24N4. The van der Waals surface area contributed by atoms with Gasteiger partial charge in [-0.3, -0.25) is 5.84 Å². The first-order valence-corrected chi connectivity index (χ1v) is 6.94. The molecule has 4 heteroatoms. The van der Waals surface area contributed by atoms with E-state index in [4.69, 9.17) is 5.84 Å². The van der Waals surface area contributed by atoms with Crippen molar-refractivity contribution in [3.8, 4) is 0 Å². The van der Waals surface area contributed by atoms with Gasteiger partial charge in [0.15, 0.2) is 0 Å². The predicted molar refractivity (Wildman–Crippen MR) is 82.1 cm³/mol. The molecule has 4 nitrogen and oxygen atoms in total. The molecule has 0 saturated heterocycles. The summed E-state index contributed by atoms with van der Waals surface area (Å²) in [7, 11) is 1.98. The van der Waals surface area contributed by atoms with Gasteiger partial charge in [0.25, 0.3) is 0 Å². The maximum Gasteiger partial charge on any atom is 0.127 e. The van der Waals surface area contributed by atoms with Gasteiger partial charge in [-0.2, -0.15) is 0 Å². The van der Waals surface area contributed by atoms with Crippen molar-refractivity contribution < 1.29 is 0 Å². The quantitative estimate of drug-likeness (QED) is 0.664. The molecule has 0 aliphatic rings. The molecule has 1 heterocycles. The second-order valence-corrected chi connectivity index (χ2v) is 6.27. The molecular weight excluding hydrogens is 248 g/mol. The van der Waals surface area contributed by atoms with Gasteiger partial charge in [0.05, 0.1) is 6.04 Å². The summed E-state index contributed by atoms with van der Waals surface area (Å²) in [5, 5.41) is 0. The molecule has 1 aromatic heterocycles. The Morgan fingerprint density at radius 3 is 2.35 bits per heavy atom. The first kappa shape index (κ1) is 14.8. The van der Waals surface area contributed by atoms with Crippen molar-refractivity contribution in [3.05, 3.63) is 53.6 Å². The van der Waals surface area contributed by atoms with E-state index in [1.54, 1.807) is 6.20 Å². The Hall–Kier alpha value is -1.65. The highest BCUT2D eigenvalue weighted by molar-refractivity contribution is 5.28. The van der Waals surface area contributed by atoms with Crippen molar-refractivity contribution in [1.82, 2.24) is 15.0 Å². The van der Waals surface area contributed by atoms with E-state index in [1.165, 1.54) is 11.1 Å². The number of nitrogens with two attached hydrogens (primary N) is 1. The molecule has 0 spiro atoms. The largest absolute Gasteiger partial charge is 0.337 e. The molecule has 1 atom stereocenters. The summed E-state index contributed by atoms with van der Waals surface area (Å²) in [6.45, 7) is 6.67. The lowest BCUT2D eigenvalue weighted by Crippen LogP contribution is -2.31. The minimum atomic E-state index is 0.0236. The lowest BCUT2D eigenvalue weighted by molar-refractivity contribution is 0.507. The number of hydrogen-bond donors (Lipinski definition) is 2. The van der Waals surface area contributed by atoms with Crippen molar-refractivity contribution in [2.24, 2.45) is 12.9 Å². The standard InChI is InChI=1S/C16H24N4/c1-16(2,3)13-7-5-12(6-8-13)11-14(19-17)15-18-9-10-20(15)4/h5-10,14,19H,11,17H2,1-4H3. The number of hydrazine groups is 1. The lowest BCUT2D eigenvalue weighted by Gasteiger charge is -2.20. The molecule has 1 aromatic carbocycles. The number of nitrogens with one attached hydrogen (secondary N) is 1. The highest BCUT2D eigenvalue weighted by Crippen LogP contribution is 2.23. The maximum atomic E-state index is 5.68. The first-order chi connectivity index (χ1) is 9.41. The number of imidazole rings is 1. The summed E-state index contributed by atoms with van der Waals surface area (Å²) < 4.78 is 1.99. The van der Waals surface area contributed by atoms with Gasteiger partial charge in [-0.25, -0.2) is 10.4 Å². The molecule has 2 rings (SSSR count). The second kappa shape index (κ2) is 5.77. The predicted octanol–water partition coefficient (Wildman–Crippen LogP) is 2.46. The van der Waals surface area contributed by atoms with Crippen LogP contribution in [0.3, 0.4) is 0 Å². The van der Waals surface area contributed by atoms with Crippen LogP contribution in [0.1, 0.15) is 43.8 Å². The molecule has 108 valence electrons. The molecule has 20 heavy (non-hydrogen) atoms. The Labute approximate surface area is 121 Å².